The van der Waals surface area contributed by atoms with Crippen LogP contribution in [0.15, 0.2) is 48.5 Å². The summed E-state index contributed by atoms with van der Waals surface area (Å²) in [6.45, 7) is 7.04. The average molecular weight is 268 g/mol. The van der Waals surface area contributed by atoms with Crippen LogP contribution >= 0.6 is 0 Å². The van der Waals surface area contributed by atoms with Gasteiger partial charge in [0, 0.05) is 18.8 Å². The van der Waals surface area contributed by atoms with Gasteiger partial charge < -0.3 is 10.6 Å². The van der Waals surface area contributed by atoms with E-state index in [0.717, 1.165) is 19.5 Å². The van der Waals surface area contributed by atoms with Crippen LogP contribution in [-0.4, -0.2) is 13.1 Å². The van der Waals surface area contributed by atoms with Crippen molar-refractivity contribution in [2.75, 3.05) is 18.0 Å². The highest BCUT2D eigenvalue weighted by Gasteiger charge is 2.07. The summed E-state index contributed by atoms with van der Waals surface area (Å²) in [6, 6.07) is 17.3. The molecule has 106 valence electrons. The largest absolute Gasteiger partial charge is 0.367 e. The molecule has 0 radical (unpaired) electrons. The van der Waals surface area contributed by atoms with Crippen LogP contribution < -0.4 is 10.6 Å². The van der Waals surface area contributed by atoms with Gasteiger partial charge in [-0.25, -0.2) is 0 Å². The van der Waals surface area contributed by atoms with E-state index in [0.29, 0.717) is 6.54 Å². The normalized spacial score (nSPS) is 10.6. The van der Waals surface area contributed by atoms with Gasteiger partial charge in [0.25, 0.3) is 0 Å². The summed E-state index contributed by atoms with van der Waals surface area (Å²) < 4.78 is 0. The van der Waals surface area contributed by atoms with Crippen molar-refractivity contribution in [1.82, 2.24) is 0 Å². The lowest BCUT2D eigenvalue weighted by Crippen LogP contribution is -2.22. The number of benzene rings is 2. The molecular formula is C18H24N2. The molecule has 2 aromatic rings. The van der Waals surface area contributed by atoms with Crippen LogP contribution in [0, 0.1) is 6.92 Å². The predicted molar refractivity (Wildman–Crippen MR) is 87.1 cm³/mol. The van der Waals surface area contributed by atoms with Crippen molar-refractivity contribution in [3.63, 3.8) is 0 Å². The molecule has 0 atom stereocenters. The Bertz CT molecular complexity index is 534. The fourth-order valence-corrected chi connectivity index (χ4v) is 2.50. The first-order valence-electron chi connectivity index (χ1n) is 7.33. The molecule has 0 aliphatic heterocycles. The van der Waals surface area contributed by atoms with Gasteiger partial charge in [0.2, 0.25) is 0 Å². The average Bonchev–Trinajstić information content (AvgIpc) is 2.48. The molecule has 0 spiro atoms. The second-order valence-corrected chi connectivity index (χ2v) is 5.15. The summed E-state index contributed by atoms with van der Waals surface area (Å²) in [5.41, 5.74) is 11.0. The first kappa shape index (κ1) is 14.6. The van der Waals surface area contributed by atoms with E-state index in [1.54, 1.807) is 0 Å². The second kappa shape index (κ2) is 7.11. The first-order chi connectivity index (χ1) is 9.74. The van der Waals surface area contributed by atoms with Crippen LogP contribution in [0.25, 0.3) is 0 Å². The van der Waals surface area contributed by atoms with Gasteiger partial charge in [0.1, 0.15) is 0 Å². The lowest BCUT2D eigenvalue weighted by Gasteiger charge is -2.24. The Labute approximate surface area is 122 Å². The number of rotatable bonds is 6. The van der Waals surface area contributed by atoms with Gasteiger partial charge in [-0.05, 0) is 55.6 Å². The van der Waals surface area contributed by atoms with Crippen molar-refractivity contribution < 1.29 is 0 Å². The van der Waals surface area contributed by atoms with E-state index < -0.39 is 0 Å². The zero-order chi connectivity index (χ0) is 14.4. The van der Waals surface area contributed by atoms with Gasteiger partial charge in [-0.15, -0.1) is 0 Å². The molecule has 0 fully saturated rings. The van der Waals surface area contributed by atoms with Crippen molar-refractivity contribution >= 4 is 5.69 Å². The van der Waals surface area contributed by atoms with Crippen molar-refractivity contribution in [3.8, 4) is 0 Å². The maximum atomic E-state index is 5.65. The highest BCUT2D eigenvalue weighted by atomic mass is 15.1. The number of nitrogens with zero attached hydrogens (tertiary/aromatic N) is 1. The Hall–Kier alpha value is -1.80. The summed E-state index contributed by atoms with van der Waals surface area (Å²) in [6.07, 6.45) is 0.955. The minimum atomic E-state index is 0.710. The van der Waals surface area contributed by atoms with Gasteiger partial charge in [-0.1, -0.05) is 36.4 Å². The maximum absolute atomic E-state index is 5.65. The topological polar surface area (TPSA) is 29.3 Å². The molecule has 2 rings (SSSR count). The molecule has 0 saturated heterocycles. The summed E-state index contributed by atoms with van der Waals surface area (Å²) in [4.78, 5) is 2.40. The highest BCUT2D eigenvalue weighted by Crippen LogP contribution is 2.21. The lowest BCUT2D eigenvalue weighted by molar-refractivity contribution is 0.830. The van der Waals surface area contributed by atoms with Crippen molar-refractivity contribution in [1.29, 1.82) is 0 Å². The fourth-order valence-electron chi connectivity index (χ4n) is 2.50. The molecule has 0 unspecified atom stereocenters. The molecule has 0 bridgehead atoms. The molecule has 2 aromatic carbocycles. The Morgan fingerprint density at radius 1 is 1.05 bits per heavy atom. The molecule has 0 aliphatic rings. The van der Waals surface area contributed by atoms with E-state index in [4.69, 9.17) is 5.73 Å². The Kier molecular flexibility index (Phi) is 5.19. The van der Waals surface area contributed by atoms with E-state index in [1.165, 1.54) is 22.4 Å². The summed E-state index contributed by atoms with van der Waals surface area (Å²) in [5.74, 6) is 0. The van der Waals surface area contributed by atoms with Crippen molar-refractivity contribution in [3.05, 3.63) is 65.2 Å². The Balaban J connectivity index is 2.17. The molecule has 0 saturated carbocycles. The summed E-state index contributed by atoms with van der Waals surface area (Å²) in [5, 5.41) is 0. The van der Waals surface area contributed by atoms with E-state index in [1.807, 2.05) is 0 Å². The van der Waals surface area contributed by atoms with E-state index in [9.17, 15) is 0 Å². The number of anilines is 1. The first-order valence-corrected chi connectivity index (χ1v) is 7.33. The van der Waals surface area contributed by atoms with Crippen molar-refractivity contribution in [2.45, 2.75) is 26.8 Å². The minimum Gasteiger partial charge on any atom is -0.367 e. The molecule has 0 amide bonds. The Morgan fingerprint density at radius 3 is 2.40 bits per heavy atom. The van der Waals surface area contributed by atoms with Crippen molar-refractivity contribution in [2.24, 2.45) is 5.73 Å². The SMILES string of the molecule is CCN(Cc1ccccc1)c1ccc(CCN)c(C)c1. The van der Waals surface area contributed by atoms with Crippen LogP contribution in [0.3, 0.4) is 0 Å². The van der Waals surface area contributed by atoms with Gasteiger partial charge in [0.05, 0.1) is 0 Å². The maximum Gasteiger partial charge on any atom is 0.0429 e. The monoisotopic (exact) mass is 268 g/mol. The van der Waals surface area contributed by atoms with Crippen LogP contribution in [-0.2, 0) is 13.0 Å². The number of hydrogen-bond acceptors (Lipinski definition) is 2. The molecule has 2 nitrogen and oxygen atoms in total. The van der Waals surface area contributed by atoms with E-state index >= 15 is 0 Å². The second-order valence-electron chi connectivity index (χ2n) is 5.15. The molecule has 20 heavy (non-hydrogen) atoms. The van der Waals surface area contributed by atoms with E-state index in [2.05, 4.69) is 67.3 Å². The quantitative estimate of drug-likeness (QED) is 0.868. The third-order valence-corrected chi connectivity index (χ3v) is 3.70. The third-order valence-electron chi connectivity index (χ3n) is 3.70. The van der Waals surface area contributed by atoms with E-state index in [-0.39, 0.29) is 0 Å². The third kappa shape index (κ3) is 3.61. The molecule has 0 heterocycles. The number of hydrogen-bond donors (Lipinski definition) is 1. The molecular weight excluding hydrogens is 244 g/mol. The molecule has 2 heteroatoms. The van der Waals surface area contributed by atoms with Crippen LogP contribution in [0.4, 0.5) is 5.69 Å². The summed E-state index contributed by atoms with van der Waals surface area (Å²) in [7, 11) is 0. The lowest BCUT2D eigenvalue weighted by atomic mass is 10.0. The standard InChI is InChI=1S/C18H24N2/c1-3-20(14-16-7-5-4-6-8-16)18-10-9-17(11-12-19)15(2)13-18/h4-10,13H,3,11-12,14,19H2,1-2H3. The van der Waals surface area contributed by atoms with Gasteiger partial charge in [-0.3, -0.25) is 0 Å². The van der Waals surface area contributed by atoms with Gasteiger partial charge in [-0.2, -0.15) is 0 Å². The number of aryl methyl sites for hydroxylation is 1. The summed E-state index contributed by atoms with van der Waals surface area (Å²) >= 11 is 0. The number of nitrogens with two attached hydrogens (primary N) is 1. The smallest absolute Gasteiger partial charge is 0.0429 e. The fraction of sp³-hybridized carbons (Fsp3) is 0.333. The molecule has 0 aromatic heterocycles. The Morgan fingerprint density at radius 2 is 1.80 bits per heavy atom. The van der Waals surface area contributed by atoms with Crippen LogP contribution in [0.5, 0.6) is 0 Å². The van der Waals surface area contributed by atoms with Gasteiger partial charge in [0.15, 0.2) is 0 Å². The van der Waals surface area contributed by atoms with Crippen LogP contribution in [0.2, 0.25) is 0 Å². The highest BCUT2D eigenvalue weighted by molar-refractivity contribution is 5.51. The molecule has 0 aliphatic carbocycles. The zero-order valence-corrected chi connectivity index (χ0v) is 12.5. The predicted octanol–water partition coefficient (Wildman–Crippen LogP) is 3.52. The minimum absolute atomic E-state index is 0.710. The molecule has 2 N–H and O–H groups in total. The van der Waals surface area contributed by atoms with Gasteiger partial charge >= 0.3 is 0 Å². The zero-order valence-electron chi connectivity index (χ0n) is 12.5. The van der Waals surface area contributed by atoms with Crippen LogP contribution in [0.1, 0.15) is 23.6 Å².